The van der Waals surface area contributed by atoms with Gasteiger partial charge >= 0.3 is 0 Å². The van der Waals surface area contributed by atoms with Crippen molar-refractivity contribution in [2.75, 3.05) is 23.3 Å². The van der Waals surface area contributed by atoms with Crippen molar-refractivity contribution in [3.05, 3.63) is 48.4 Å². The number of carbonyl (C=O) groups excluding carboxylic acids is 2. The van der Waals surface area contributed by atoms with Crippen molar-refractivity contribution >= 4 is 23.2 Å². The van der Waals surface area contributed by atoms with Crippen LogP contribution in [-0.4, -0.2) is 24.9 Å². The molecule has 1 aromatic carbocycles. The molecule has 0 bridgehead atoms. The molecule has 6 nitrogen and oxygen atoms in total. The average Bonchev–Trinajstić information content (AvgIpc) is 3.37. The highest BCUT2D eigenvalue weighted by Gasteiger charge is 2.56. The molecule has 1 aliphatic heterocycles. The maximum absolute atomic E-state index is 12.7. The number of rotatable bonds is 6. The minimum atomic E-state index is -0.950. The van der Waals surface area contributed by atoms with E-state index in [1.807, 2.05) is 24.3 Å². The van der Waals surface area contributed by atoms with Crippen LogP contribution >= 0.6 is 0 Å². The minimum absolute atomic E-state index is 0.232. The third-order valence-electron chi connectivity index (χ3n) is 5.90. The molecule has 2 aromatic rings. The number of hydrogen-bond donors (Lipinski definition) is 2. The summed E-state index contributed by atoms with van der Waals surface area (Å²) in [5, 5.41) is 5.72. The zero-order valence-corrected chi connectivity index (χ0v) is 16.2. The van der Waals surface area contributed by atoms with E-state index < -0.39 is 5.41 Å². The van der Waals surface area contributed by atoms with Gasteiger partial charge in [-0.1, -0.05) is 6.92 Å². The normalized spacial score (nSPS) is 18.5. The van der Waals surface area contributed by atoms with Gasteiger partial charge in [-0.25, -0.2) is 0 Å². The largest absolute Gasteiger partial charge is 0.467 e. The van der Waals surface area contributed by atoms with Crippen LogP contribution < -0.4 is 15.5 Å². The molecule has 0 atom stereocenters. The first-order chi connectivity index (χ1) is 13.6. The summed E-state index contributed by atoms with van der Waals surface area (Å²) in [6.45, 7) is 4.75. The summed E-state index contributed by atoms with van der Waals surface area (Å²) in [6.07, 6.45) is 5.15. The second-order valence-corrected chi connectivity index (χ2v) is 8.01. The Balaban J connectivity index is 1.33. The van der Waals surface area contributed by atoms with Crippen LogP contribution in [0.1, 0.15) is 38.4 Å². The number of piperidine rings is 1. The van der Waals surface area contributed by atoms with Gasteiger partial charge in [0.25, 0.3) is 0 Å². The van der Waals surface area contributed by atoms with E-state index in [0.29, 0.717) is 25.1 Å². The highest BCUT2D eigenvalue weighted by Crippen LogP contribution is 2.47. The standard InChI is InChI=1S/C22H27N3O3/c1-16-8-12-25(13-9-16)18-6-4-17(5-7-18)24-21(27)22(10-11-22)20(26)23-15-19-3-2-14-28-19/h2-7,14,16H,8-13,15H2,1H3,(H,23,26)(H,24,27). The highest BCUT2D eigenvalue weighted by atomic mass is 16.3. The number of anilines is 2. The first kappa shape index (κ1) is 18.6. The summed E-state index contributed by atoms with van der Waals surface area (Å²) in [6, 6.07) is 11.5. The van der Waals surface area contributed by atoms with Gasteiger partial charge in [-0.05, 0) is 68.0 Å². The quantitative estimate of drug-likeness (QED) is 0.751. The van der Waals surface area contributed by atoms with Gasteiger partial charge in [-0.3, -0.25) is 9.59 Å². The van der Waals surface area contributed by atoms with Gasteiger partial charge in [-0.15, -0.1) is 0 Å². The summed E-state index contributed by atoms with van der Waals surface area (Å²) in [5.41, 5.74) is 0.959. The molecule has 28 heavy (non-hydrogen) atoms. The lowest BCUT2D eigenvalue weighted by Crippen LogP contribution is -2.39. The molecule has 0 spiro atoms. The Morgan fingerprint density at radius 2 is 1.82 bits per heavy atom. The van der Waals surface area contributed by atoms with E-state index in [2.05, 4.69) is 22.5 Å². The topological polar surface area (TPSA) is 74.6 Å². The van der Waals surface area contributed by atoms with Gasteiger partial charge < -0.3 is 20.0 Å². The predicted octanol–water partition coefficient (Wildman–Crippen LogP) is 3.55. The van der Waals surface area contributed by atoms with E-state index in [4.69, 9.17) is 4.42 Å². The Morgan fingerprint density at radius 1 is 1.11 bits per heavy atom. The second-order valence-electron chi connectivity index (χ2n) is 8.01. The van der Waals surface area contributed by atoms with E-state index in [-0.39, 0.29) is 11.8 Å². The SMILES string of the molecule is CC1CCN(c2ccc(NC(=O)C3(C(=O)NCc4ccco4)CC3)cc2)CC1. The van der Waals surface area contributed by atoms with Crippen molar-refractivity contribution in [1.82, 2.24) is 5.32 Å². The monoisotopic (exact) mass is 381 g/mol. The van der Waals surface area contributed by atoms with E-state index >= 15 is 0 Å². The first-order valence-corrected chi connectivity index (χ1v) is 10.0. The van der Waals surface area contributed by atoms with E-state index in [9.17, 15) is 9.59 Å². The smallest absolute Gasteiger partial charge is 0.240 e. The molecule has 1 aromatic heterocycles. The number of nitrogens with zero attached hydrogens (tertiary/aromatic N) is 1. The van der Waals surface area contributed by atoms with Crippen LogP contribution in [0.25, 0.3) is 0 Å². The molecule has 148 valence electrons. The molecule has 2 fully saturated rings. The molecule has 4 rings (SSSR count). The molecule has 1 saturated carbocycles. The molecule has 2 amide bonds. The molecule has 0 unspecified atom stereocenters. The van der Waals surface area contributed by atoms with E-state index in [1.54, 1.807) is 18.4 Å². The lowest BCUT2D eigenvalue weighted by Gasteiger charge is -2.32. The van der Waals surface area contributed by atoms with Crippen LogP contribution in [0.2, 0.25) is 0 Å². The Hall–Kier alpha value is -2.76. The van der Waals surface area contributed by atoms with Crippen LogP contribution in [0.3, 0.4) is 0 Å². The molecular weight excluding hydrogens is 354 g/mol. The van der Waals surface area contributed by atoms with E-state index in [1.165, 1.54) is 18.5 Å². The molecule has 2 N–H and O–H groups in total. The fourth-order valence-electron chi connectivity index (χ4n) is 3.71. The van der Waals surface area contributed by atoms with Gasteiger partial charge in [0.1, 0.15) is 11.2 Å². The second kappa shape index (κ2) is 7.70. The molecule has 6 heteroatoms. The Morgan fingerprint density at radius 3 is 2.43 bits per heavy atom. The zero-order valence-electron chi connectivity index (χ0n) is 16.2. The first-order valence-electron chi connectivity index (χ1n) is 10.0. The van der Waals surface area contributed by atoms with Crippen molar-refractivity contribution < 1.29 is 14.0 Å². The summed E-state index contributed by atoms with van der Waals surface area (Å²) >= 11 is 0. The van der Waals surface area contributed by atoms with Gasteiger partial charge in [0.2, 0.25) is 11.8 Å². The third-order valence-corrected chi connectivity index (χ3v) is 5.90. The van der Waals surface area contributed by atoms with Crippen molar-refractivity contribution in [3.63, 3.8) is 0 Å². The predicted molar refractivity (Wildman–Crippen MR) is 108 cm³/mol. The Kier molecular flexibility index (Phi) is 5.11. The average molecular weight is 381 g/mol. The fraction of sp³-hybridized carbons (Fsp3) is 0.455. The van der Waals surface area contributed by atoms with Crippen molar-refractivity contribution in [3.8, 4) is 0 Å². The number of carbonyl (C=O) groups is 2. The molecular formula is C22H27N3O3. The van der Waals surface area contributed by atoms with Crippen LogP contribution in [0.15, 0.2) is 47.1 Å². The molecule has 2 aliphatic rings. The van der Waals surface area contributed by atoms with Crippen molar-refractivity contribution in [1.29, 1.82) is 0 Å². The highest BCUT2D eigenvalue weighted by molar-refractivity contribution is 6.13. The third kappa shape index (κ3) is 3.91. The van der Waals surface area contributed by atoms with Crippen molar-refractivity contribution in [2.24, 2.45) is 11.3 Å². The molecule has 2 heterocycles. The lowest BCUT2D eigenvalue weighted by molar-refractivity contribution is -0.134. The van der Waals surface area contributed by atoms with Crippen LogP contribution in [-0.2, 0) is 16.1 Å². The van der Waals surface area contributed by atoms with Gasteiger partial charge in [0.15, 0.2) is 0 Å². The number of furan rings is 1. The number of nitrogens with one attached hydrogen (secondary N) is 2. The maximum atomic E-state index is 12.7. The molecule has 0 radical (unpaired) electrons. The van der Waals surface area contributed by atoms with Crippen LogP contribution in [0.5, 0.6) is 0 Å². The maximum Gasteiger partial charge on any atom is 0.240 e. The van der Waals surface area contributed by atoms with Gasteiger partial charge in [0.05, 0.1) is 12.8 Å². The van der Waals surface area contributed by atoms with E-state index in [0.717, 1.165) is 24.7 Å². The summed E-state index contributed by atoms with van der Waals surface area (Å²) in [4.78, 5) is 27.6. The number of benzene rings is 1. The fourth-order valence-corrected chi connectivity index (χ4v) is 3.71. The van der Waals surface area contributed by atoms with Gasteiger partial charge in [0, 0.05) is 24.5 Å². The molecule has 1 aliphatic carbocycles. The van der Waals surface area contributed by atoms with Gasteiger partial charge in [-0.2, -0.15) is 0 Å². The lowest BCUT2D eigenvalue weighted by atomic mass is 9.99. The Labute approximate surface area is 165 Å². The summed E-state index contributed by atoms with van der Waals surface area (Å²) in [5.74, 6) is 1.00. The minimum Gasteiger partial charge on any atom is -0.467 e. The number of amides is 2. The Bertz CT molecular complexity index is 817. The van der Waals surface area contributed by atoms with Crippen LogP contribution in [0.4, 0.5) is 11.4 Å². The summed E-state index contributed by atoms with van der Waals surface area (Å²) in [7, 11) is 0. The van der Waals surface area contributed by atoms with Crippen molar-refractivity contribution in [2.45, 2.75) is 39.2 Å². The van der Waals surface area contributed by atoms with Crippen LogP contribution in [0, 0.1) is 11.3 Å². The molecule has 1 saturated heterocycles. The number of hydrogen-bond acceptors (Lipinski definition) is 4. The summed E-state index contributed by atoms with van der Waals surface area (Å²) < 4.78 is 5.22. The zero-order chi connectivity index (χ0) is 19.6.